The Morgan fingerprint density at radius 1 is 1.00 bits per heavy atom. The van der Waals surface area contributed by atoms with E-state index in [1.54, 1.807) is 7.05 Å². The van der Waals surface area contributed by atoms with Gasteiger partial charge in [0.25, 0.3) is 0 Å². The molecule has 8 heteroatoms. The maximum absolute atomic E-state index is 11.5. The molecule has 21 heavy (non-hydrogen) atoms. The van der Waals surface area contributed by atoms with E-state index >= 15 is 0 Å². The van der Waals surface area contributed by atoms with Crippen molar-refractivity contribution in [1.29, 1.82) is 0 Å². The Balaban J connectivity index is 1.87. The lowest BCUT2D eigenvalue weighted by molar-refractivity contribution is -0.120. The third-order valence-corrected chi connectivity index (χ3v) is 3.80. The van der Waals surface area contributed by atoms with Crippen LogP contribution in [0.3, 0.4) is 0 Å². The van der Waals surface area contributed by atoms with Crippen molar-refractivity contribution in [1.82, 2.24) is 20.3 Å². The molecule has 0 atom stereocenters. The van der Waals surface area contributed by atoms with Crippen LogP contribution in [0.5, 0.6) is 0 Å². The van der Waals surface area contributed by atoms with Gasteiger partial charge in [-0.3, -0.25) is 4.79 Å². The van der Waals surface area contributed by atoms with E-state index in [2.05, 4.69) is 30.5 Å². The van der Waals surface area contributed by atoms with Crippen LogP contribution in [0.4, 0.5) is 17.8 Å². The molecule has 114 valence electrons. The summed E-state index contributed by atoms with van der Waals surface area (Å²) in [6.45, 7) is 3.60. The number of carbonyl (C=O) groups is 1. The second-order valence-corrected chi connectivity index (χ2v) is 5.33. The average molecular weight is 291 g/mol. The lowest BCUT2D eigenvalue weighted by Gasteiger charge is -2.30. The summed E-state index contributed by atoms with van der Waals surface area (Å²) in [5.41, 5.74) is 0. The van der Waals surface area contributed by atoms with Crippen LogP contribution in [-0.4, -0.2) is 60.6 Å². The van der Waals surface area contributed by atoms with E-state index in [1.807, 2.05) is 4.90 Å². The number of carbonyl (C=O) groups excluding carboxylic acids is 1. The Bertz CT molecular complexity index is 515. The van der Waals surface area contributed by atoms with Gasteiger partial charge < -0.3 is 20.4 Å². The van der Waals surface area contributed by atoms with Gasteiger partial charge in [0, 0.05) is 33.2 Å². The number of hydrogen-bond acceptors (Lipinski definition) is 7. The highest BCUT2D eigenvalue weighted by atomic mass is 16.2. The minimum absolute atomic E-state index is 0.00666. The van der Waals surface area contributed by atoms with Gasteiger partial charge in [-0.1, -0.05) is 0 Å². The van der Waals surface area contributed by atoms with Gasteiger partial charge in [-0.05, 0) is 19.3 Å². The summed E-state index contributed by atoms with van der Waals surface area (Å²) in [6, 6.07) is 0. The zero-order chi connectivity index (χ0) is 14.7. The van der Waals surface area contributed by atoms with Crippen LogP contribution in [0, 0.1) is 0 Å². The van der Waals surface area contributed by atoms with Gasteiger partial charge in [-0.15, -0.1) is 0 Å². The minimum Gasteiger partial charge on any atom is -0.357 e. The summed E-state index contributed by atoms with van der Waals surface area (Å²) in [6.07, 6.45) is 3.60. The highest BCUT2D eigenvalue weighted by molar-refractivity contribution is 5.82. The molecular formula is C13H21N7O. The van der Waals surface area contributed by atoms with E-state index < -0.39 is 0 Å². The molecule has 2 fully saturated rings. The quantitative estimate of drug-likeness (QED) is 0.800. The summed E-state index contributed by atoms with van der Waals surface area (Å²) in [4.78, 5) is 29.0. The lowest BCUT2D eigenvalue weighted by atomic mass is 10.1. The first-order valence-electron chi connectivity index (χ1n) is 7.46. The van der Waals surface area contributed by atoms with E-state index in [-0.39, 0.29) is 5.91 Å². The van der Waals surface area contributed by atoms with Crippen LogP contribution >= 0.6 is 0 Å². The van der Waals surface area contributed by atoms with Crippen molar-refractivity contribution in [2.45, 2.75) is 19.3 Å². The monoisotopic (exact) mass is 291 g/mol. The van der Waals surface area contributed by atoms with Crippen molar-refractivity contribution < 1.29 is 4.79 Å². The number of piperazine rings is 1. The predicted molar refractivity (Wildman–Crippen MR) is 80.7 cm³/mol. The second-order valence-electron chi connectivity index (χ2n) is 5.33. The maximum Gasteiger partial charge on any atom is 0.239 e. The number of nitrogens with one attached hydrogen (secondary N) is 2. The number of hydrogen-bond donors (Lipinski definition) is 2. The third kappa shape index (κ3) is 3.14. The van der Waals surface area contributed by atoms with Crippen molar-refractivity contribution in [2.75, 3.05) is 54.9 Å². The van der Waals surface area contributed by atoms with Crippen molar-refractivity contribution >= 4 is 23.8 Å². The molecule has 1 aromatic heterocycles. The zero-order valence-corrected chi connectivity index (χ0v) is 12.3. The lowest BCUT2D eigenvalue weighted by Crippen LogP contribution is -2.48. The van der Waals surface area contributed by atoms with E-state index in [0.717, 1.165) is 19.6 Å². The van der Waals surface area contributed by atoms with Crippen molar-refractivity contribution in [3.63, 3.8) is 0 Å². The fraction of sp³-hybridized carbons (Fsp3) is 0.692. The van der Waals surface area contributed by atoms with Crippen molar-refractivity contribution in [3.05, 3.63) is 0 Å². The standard InChI is InChI=1S/C13H21N7O/c1-14-11-16-12(19-6-3-2-4-7-19)18-13(17-11)20-8-5-15-10(21)9-20/h2-9H2,1H3,(H,15,21)(H,14,16,17,18). The van der Waals surface area contributed by atoms with Gasteiger partial charge in [0.05, 0.1) is 6.54 Å². The van der Waals surface area contributed by atoms with Crippen LogP contribution in [-0.2, 0) is 4.79 Å². The molecule has 0 unspecified atom stereocenters. The van der Waals surface area contributed by atoms with Crippen LogP contribution in [0.15, 0.2) is 0 Å². The predicted octanol–water partition coefficient (Wildman–Crippen LogP) is -0.160. The summed E-state index contributed by atoms with van der Waals surface area (Å²) >= 11 is 0. The van der Waals surface area contributed by atoms with E-state index in [9.17, 15) is 4.79 Å². The maximum atomic E-state index is 11.5. The fourth-order valence-electron chi connectivity index (χ4n) is 2.65. The third-order valence-electron chi connectivity index (χ3n) is 3.80. The zero-order valence-electron chi connectivity index (χ0n) is 12.3. The van der Waals surface area contributed by atoms with Gasteiger partial charge in [0.15, 0.2) is 0 Å². The number of rotatable bonds is 3. The average Bonchev–Trinajstić information content (AvgIpc) is 2.55. The number of nitrogens with zero attached hydrogens (tertiary/aromatic N) is 5. The molecule has 0 saturated carbocycles. The first kappa shape index (κ1) is 13.8. The van der Waals surface area contributed by atoms with E-state index in [1.165, 1.54) is 19.3 Å². The summed E-state index contributed by atoms with van der Waals surface area (Å²) < 4.78 is 0. The van der Waals surface area contributed by atoms with Gasteiger partial charge in [-0.2, -0.15) is 15.0 Å². The van der Waals surface area contributed by atoms with Crippen LogP contribution in [0.25, 0.3) is 0 Å². The highest BCUT2D eigenvalue weighted by Gasteiger charge is 2.22. The van der Waals surface area contributed by atoms with E-state index in [4.69, 9.17) is 0 Å². The minimum atomic E-state index is 0.00666. The summed E-state index contributed by atoms with van der Waals surface area (Å²) in [7, 11) is 1.79. The van der Waals surface area contributed by atoms with Crippen LogP contribution in [0.2, 0.25) is 0 Å². The Morgan fingerprint density at radius 3 is 2.38 bits per heavy atom. The van der Waals surface area contributed by atoms with Gasteiger partial charge >= 0.3 is 0 Å². The Kier molecular flexibility index (Phi) is 4.03. The molecule has 3 heterocycles. The van der Waals surface area contributed by atoms with Crippen LogP contribution in [0.1, 0.15) is 19.3 Å². The number of anilines is 3. The summed E-state index contributed by atoms with van der Waals surface area (Å²) in [5.74, 6) is 1.83. The van der Waals surface area contributed by atoms with Crippen LogP contribution < -0.4 is 20.4 Å². The Morgan fingerprint density at radius 2 is 1.71 bits per heavy atom. The first-order chi connectivity index (χ1) is 10.3. The van der Waals surface area contributed by atoms with Gasteiger partial charge in [0.1, 0.15) is 0 Å². The van der Waals surface area contributed by atoms with E-state index in [0.29, 0.717) is 30.9 Å². The topological polar surface area (TPSA) is 86.3 Å². The molecule has 1 aromatic rings. The molecule has 1 amide bonds. The molecular weight excluding hydrogens is 270 g/mol. The number of piperidine rings is 1. The molecule has 2 aliphatic rings. The highest BCUT2D eigenvalue weighted by Crippen LogP contribution is 2.20. The molecule has 0 bridgehead atoms. The summed E-state index contributed by atoms with van der Waals surface area (Å²) in [5, 5.41) is 5.79. The molecule has 0 aliphatic carbocycles. The molecule has 2 N–H and O–H groups in total. The Labute approximate surface area is 124 Å². The normalized spacial score (nSPS) is 19.4. The molecule has 0 aromatic carbocycles. The molecule has 2 aliphatic heterocycles. The fourth-order valence-corrected chi connectivity index (χ4v) is 2.65. The molecule has 0 spiro atoms. The Hall–Kier alpha value is -2.12. The SMILES string of the molecule is CNc1nc(N2CCCCC2)nc(N2CCNC(=O)C2)n1. The number of amides is 1. The molecule has 3 rings (SSSR count). The second kappa shape index (κ2) is 6.11. The van der Waals surface area contributed by atoms with Gasteiger partial charge in [0.2, 0.25) is 23.8 Å². The van der Waals surface area contributed by atoms with Crippen molar-refractivity contribution in [2.24, 2.45) is 0 Å². The molecule has 0 radical (unpaired) electrons. The largest absolute Gasteiger partial charge is 0.357 e. The molecule has 8 nitrogen and oxygen atoms in total. The van der Waals surface area contributed by atoms with Crippen molar-refractivity contribution in [3.8, 4) is 0 Å². The first-order valence-corrected chi connectivity index (χ1v) is 7.46. The number of aromatic nitrogens is 3. The molecule has 2 saturated heterocycles. The smallest absolute Gasteiger partial charge is 0.239 e. The van der Waals surface area contributed by atoms with Gasteiger partial charge in [-0.25, -0.2) is 0 Å².